The van der Waals surface area contributed by atoms with Crippen LogP contribution in [0.5, 0.6) is 11.5 Å². The molecule has 25 heavy (non-hydrogen) atoms. The zero-order chi connectivity index (χ0) is 17.8. The fourth-order valence-electron chi connectivity index (χ4n) is 1.97. The Bertz CT molecular complexity index is 935. The van der Waals surface area contributed by atoms with Gasteiger partial charge in [0.25, 0.3) is 5.95 Å². The lowest BCUT2D eigenvalue weighted by Gasteiger charge is -2.06. The van der Waals surface area contributed by atoms with Crippen molar-refractivity contribution >= 4 is 44.0 Å². The maximum absolute atomic E-state index is 10.0. The lowest BCUT2D eigenvalue weighted by Crippen LogP contribution is -2.00. The van der Waals surface area contributed by atoms with Crippen molar-refractivity contribution in [2.75, 3.05) is 5.43 Å². The van der Waals surface area contributed by atoms with Crippen LogP contribution in [0.3, 0.4) is 0 Å². The molecular weight excluding hydrogens is 454 g/mol. The van der Waals surface area contributed by atoms with E-state index in [1.54, 1.807) is 6.20 Å². The highest BCUT2D eigenvalue weighted by molar-refractivity contribution is 9.11. The van der Waals surface area contributed by atoms with Crippen LogP contribution in [0.2, 0.25) is 0 Å². The van der Waals surface area contributed by atoms with Crippen molar-refractivity contribution in [3.8, 4) is 22.8 Å². The van der Waals surface area contributed by atoms with Crippen molar-refractivity contribution in [2.24, 2.45) is 5.10 Å². The Morgan fingerprint density at radius 3 is 2.60 bits per heavy atom. The maximum Gasteiger partial charge on any atom is 0.263 e. The predicted octanol–water partition coefficient (Wildman–Crippen LogP) is 3.92. The van der Waals surface area contributed by atoms with Gasteiger partial charge in [-0.25, -0.2) is 10.4 Å². The number of aromatic hydroxyl groups is 2. The summed E-state index contributed by atoms with van der Waals surface area (Å²) in [7, 11) is 0. The molecule has 0 fully saturated rings. The summed E-state index contributed by atoms with van der Waals surface area (Å²) in [5, 5.41) is 31.5. The molecule has 0 saturated carbocycles. The van der Waals surface area contributed by atoms with Gasteiger partial charge in [-0.3, -0.25) is 0 Å². The highest BCUT2D eigenvalue weighted by atomic mass is 79.9. The van der Waals surface area contributed by atoms with Crippen LogP contribution in [-0.4, -0.2) is 31.6 Å². The van der Waals surface area contributed by atoms with E-state index in [4.69, 9.17) is 0 Å². The van der Waals surface area contributed by atoms with Gasteiger partial charge in [-0.2, -0.15) is 10.2 Å². The number of halogens is 2. The molecule has 126 valence electrons. The molecule has 0 bridgehead atoms. The van der Waals surface area contributed by atoms with Crippen LogP contribution < -0.4 is 5.43 Å². The molecular formula is C16H11Br2N5O2. The lowest BCUT2D eigenvalue weighted by molar-refractivity contribution is 0.442. The van der Waals surface area contributed by atoms with E-state index in [2.05, 4.69) is 57.6 Å². The van der Waals surface area contributed by atoms with Gasteiger partial charge in [-0.05, 0) is 37.9 Å². The van der Waals surface area contributed by atoms with Crippen molar-refractivity contribution in [2.45, 2.75) is 0 Å². The number of hydrogen-bond acceptors (Lipinski definition) is 7. The molecule has 3 rings (SSSR count). The summed E-state index contributed by atoms with van der Waals surface area (Å²) >= 11 is 6.30. The predicted molar refractivity (Wildman–Crippen MR) is 102 cm³/mol. The van der Waals surface area contributed by atoms with E-state index in [0.29, 0.717) is 15.7 Å². The topological polar surface area (TPSA) is 104 Å². The van der Waals surface area contributed by atoms with Gasteiger partial charge in [0.15, 0.2) is 0 Å². The average molecular weight is 465 g/mol. The lowest BCUT2D eigenvalue weighted by atomic mass is 10.2. The Hall–Kier alpha value is -2.52. The largest absolute Gasteiger partial charge is 0.506 e. The van der Waals surface area contributed by atoms with E-state index in [9.17, 15) is 10.2 Å². The highest BCUT2D eigenvalue weighted by Gasteiger charge is 2.12. The molecule has 0 unspecified atom stereocenters. The van der Waals surface area contributed by atoms with Crippen molar-refractivity contribution in [1.29, 1.82) is 0 Å². The quantitative estimate of drug-likeness (QED) is 0.399. The minimum atomic E-state index is -0.136. The Balaban J connectivity index is 1.80. The van der Waals surface area contributed by atoms with E-state index < -0.39 is 0 Å². The first-order chi connectivity index (χ1) is 12.1. The molecule has 0 aliphatic rings. The number of hydrogen-bond donors (Lipinski definition) is 3. The number of phenolic OH excluding ortho intramolecular Hbond substituents is 2. The standard InChI is InChI=1S/C16H11Br2N5O2/c17-11-6-10(14(24)13(18)15(11)25)7-19-22-16-21-12(8-20-23-16)9-4-2-1-3-5-9/h1-8,24-25H,(H,21,22,23)/b19-7-. The fourth-order valence-corrected chi connectivity index (χ4v) is 3.13. The van der Waals surface area contributed by atoms with Gasteiger partial charge >= 0.3 is 0 Å². The molecule has 0 aliphatic heterocycles. The number of phenols is 2. The van der Waals surface area contributed by atoms with Crippen molar-refractivity contribution < 1.29 is 10.2 Å². The smallest absolute Gasteiger partial charge is 0.263 e. The third-order valence-electron chi connectivity index (χ3n) is 3.19. The van der Waals surface area contributed by atoms with E-state index in [1.165, 1.54) is 12.3 Å². The number of nitrogens with one attached hydrogen (secondary N) is 1. The SMILES string of the molecule is Oc1c(Br)cc(/C=N\Nc2nncc(-c3ccccc3)n2)c(O)c1Br. The Morgan fingerprint density at radius 1 is 1.08 bits per heavy atom. The molecule has 3 N–H and O–H groups in total. The summed E-state index contributed by atoms with van der Waals surface area (Å²) in [6, 6.07) is 11.1. The summed E-state index contributed by atoms with van der Waals surface area (Å²) in [5.74, 6) is -0.0111. The first kappa shape index (κ1) is 17.3. The van der Waals surface area contributed by atoms with Gasteiger partial charge in [-0.15, -0.1) is 5.10 Å². The van der Waals surface area contributed by atoms with Crippen molar-refractivity contribution in [3.63, 3.8) is 0 Å². The monoisotopic (exact) mass is 463 g/mol. The summed E-state index contributed by atoms with van der Waals surface area (Å²) in [6.07, 6.45) is 2.94. The molecule has 0 atom stereocenters. The molecule has 3 aromatic rings. The first-order valence-corrected chi connectivity index (χ1v) is 8.59. The van der Waals surface area contributed by atoms with Gasteiger partial charge in [0.05, 0.1) is 22.6 Å². The van der Waals surface area contributed by atoms with E-state index in [0.717, 1.165) is 5.56 Å². The Morgan fingerprint density at radius 2 is 1.84 bits per heavy atom. The molecule has 2 aromatic carbocycles. The van der Waals surface area contributed by atoms with Crippen LogP contribution in [0.15, 0.2) is 56.6 Å². The number of benzene rings is 2. The Kier molecular flexibility index (Phi) is 5.25. The van der Waals surface area contributed by atoms with Gasteiger partial charge in [0.1, 0.15) is 16.0 Å². The number of aromatic nitrogens is 3. The molecule has 0 amide bonds. The summed E-state index contributed by atoms with van der Waals surface area (Å²) in [4.78, 5) is 4.33. The minimum absolute atomic E-state index is 0.0919. The number of nitrogens with zero attached hydrogens (tertiary/aromatic N) is 4. The van der Waals surface area contributed by atoms with E-state index in [1.807, 2.05) is 30.3 Å². The number of anilines is 1. The number of hydrazone groups is 1. The average Bonchev–Trinajstić information content (AvgIpc) is 2.65. The molecule has 0 radical (unpaired) electrons. The molecule has 0 aliphatic carbocycles. The Labute approximate surface area is 159 Å². The molecule has 9 heteroatoms. The fraction of sp³-hybridized carbons (Fsp3) is 0. The van der Waals surface area contributed by atoms with Gasteiger partial charge in [0.2, 0.25) is 0 Å². The molecule has 0 saturated heterocycles. The van der Waals surface area contributed by atoms with Crippen LogP contribution in [0.25, 0.3) is 11.3 Å². The second kappa shape index (κ2) is 7.58. The van der Waals surface area contributed by atoms with E-state index in [-0.39, 0.29) is 21.9 Å². The molecule has 1 heterocycles. The van der Waals surface area contributed by atoms with Crippen LogP contribution >= 0.6 is 31.9 Å². The third-order valence-corrected chi connectivity index (χ3v) is 4.55. The zero-order valence-electron chi connectivity index (χ0n) is 12.6. The molecule has 7 nitrogen and oxygen atoms in total. The minimum Gasteiger partial charge on any atom is -0.506 e. The zero-order valence-corrected chi connectivity index (χ0v) is 15.7. The van der Waals surface area contributed by atoms with Gasteiger partial charge < -0.3 is 10.2 Å². The summed E-state index contributed by atoms with van der Waals surface area (Å²) < 4.78 is 0.593. The van der Waals surface area contributed by atoms with Crippen LogP contribution in [0.1, 0.15) is 5.56 Å². The second-order valence-corrected chi connectivity index (χ2v) is 6.51. The third kappa shape index (κ3) is 3.94. The summed E-state index contributed by atoms with van der Waals surface area (Å²) in [5.41, 5.74) is 4.62. The van der Waals surface area contributed by atoms with E-state index >= 15 is 0 Å². The number of rotatable bonds is 4. The molecule has 0 spiro atoms. The van der Waals surface area contributed by atoms with Crippen molar-refractivity contribution in [3.05, 3.63) is 57.1 Å². The van der Waals surface area contributed by atoms with Crippen LogP contribution in [0.4, 0.5) is 5.95 Å². The van der Waals surface area contributed by atoms with Gasteiger partial charge in [0, 0.05) is 11.1 Å². The van der Waals surface area contributed by atoms with Crippen molar-refractivity contribution in [1.82, 2.24) is 15.2 Å². The maximum atomic E-state index is 10.0. The normalized spacial score (nSPS) is 11.0. The van der Waals surface area contributed by atoms with Crippen LogP contribution in [0, 0.1) is 0 Å². The second-order valence-electron chi connectivity index (χ2n) is 4.86. The summed E-state index contributed by atoms with van der Waals surface area (Å²) in [6.45, 7) is 0. The molecule has 1 aromatic heterocycles. The van der Waals surface area contributed by atoms with Crippen LogP contribution in [-0.2, 0) is 0 Å². The highest BCUT2D eigenvalue weighted by Crippen LogP contribution is 2.40. The van der Waals surface area contributed by atoms with Gasteiger partial charge in [-0.1, -0.05) is 30.3 Å². The first-order valence-electron chi connectivity index (χ1n) is 7.00.